The summed E-state index contributed by atoms with van der Waals surface area (Å²) in [6, 6.07) is 0. The largest absolute Gasteiger partial charge is 0.379 e. The van der Waals surface area contributed by atoms with Crippen LogP contribution in [0.2, 0.25) is 0 Å². The molecule has 0 amide bonds. The van der Waals surface area contributed by atoms with Gasteiger partial charge in [0.25, 0.3) is 0 Å². The molecule has 1 saturated heterocycles. The SMILES string of the molecule is CCNC(=NCCCCN1CCOCC1)NCCC(OCC)C(C)C. The van der Waals surface area contributed by atoms with Crippen molar-refractivity contribution in [1.29, 1.82) is 0 Å². The Morgan fingerprint density at radius 2 is 1.92 bits per heavy atom. The van der Waals surface area contributed by atoms with Gasteiger partial charge in [-0.15, -0.1) is 0 Å². The Labute approximate surface area is 154 Å². The fourth-order valence-corrected chi connectivity index (χ4v) is 2.96. The summed E-state index contributed by atoms with van der Waals surface area (Å²) in [6.07, 6.45) is 3.64. The zero-order chi connectivity index (χ0) is 18.3. The first kappa shape index (κ1) is 22.2. The molecule has 6 heteroatoms. The first-order valence-corrected chi connectivity index (χ1v) is 10.1. The van der Waals surface area contributed by atoms with Gasteiger partial charge in [0.2, 0.25) is 0 Å². The molecule has 1 atom stereocenters. The zero-order valence-corrected chi connectivity index (χ0v) is 16.9. The average molecular weight is 357 g/mol. The second-order valence-corrected chi connectivity index (χ2v) is 6.88. The highest BCUT2D eigenvalue weighted by Crippen LogP contribution is 2.09. The van der Waals surface area contributed by atoms with Crippen molar-refractivity contribution in [3.8, 4) is 0 Å². The van der Waals surface area contributed by atoms with Gasteiger partial charge < -0.3 is 20.1 Å². The summed E-state index contributed by atoms with van der Waals surface area (Å²) >= 11 is 0. The smallest absolute Gasteiger partial charge is 0.191 e. The van der Waals surface area contributed by atoms with Crippen molar-refractivity contribution in [3.63, 3.8) is 0 Å². The minimum Gasteiger partial charge on any atom is -0.379 e. The van der Waals surface area contributed by atoms with E-state index in [4.69, 9.17) is 14.5 Å². The predicted molar refractivity (Wildman–Crippen MR) is 105 cm³/mol. The Morgan fingerprint density at radius 1 is 1.16 bits per heavy atom. The van der Waals surface area contributed by atoms with Crippen molar-refractivity contribution in [2.24, 2.45) is 10.9 Å². The molecular weight excluding hydrogens is 316 g/mol. The van der Waals surface area contributed by atoms with Crippen molar-refractivity contribution in [3.05, 3.63) is 0 Å². The first-order chi connectivity index (χ1) is 12.2. The highest BCUT2D eigenvalue weighted by atomic mass is 16.5. The Kier molecular flexibility index (Phi) is 12.7. The van der Waals surface area contributed by atoms with Crippen LogP contribution in [0.4, 0.5) is 0 Å². The van der Waals surface area contributed by atoms with Crippen LogP contribution >= 0.6 is 0 Å². The van der Waals surface area contributed by atoms with Crippen molar-refractivity contribution in [2.45, 2.75) is 53.1 Å². The molecule has 1 aliphatic rings. The van der Waals surface area contributed by atoms with E-state index in [0.29, 0.717) is 12.0 Å². The lowest BCUT2D eigenvalue weighted by Crippen LogP contribution is -2.39. The number of guanidine groups is 1. The number of nitrogens with zero attached hydrogens (tertiary/aromatic N) is 2. The van der Waals surface area contributed by atoms with E-state index in [-0.39, 0.29) is 0 Å². The van der Waals surface area contributed by atoms with E-state index < -0.39 is 0 Å². The monoisotopic (exact) mass is 356 g/mol. The van der Waals surface area contributed by atoms with Gasteiger partial charge in [0.1, 0.15) is 0 Å². The second kappa shape index (κ2) is 14.3. The molecule has 0 bridgehead atoms. The van der Waals surface area contributed by atoms with E-state index >= 15 is 0 Å². The molecule has 25 heavy (non-hydrogen) atoms. The van der Waals surface area contributed by atoms with Gasteiger partial charge in [-0.1, -0.05) is 13.8 Å². The topological polar surface area (TPSA) is 58.1 Å². The molecule has 0 aromatic heterocycles. The molecular formula is C19H40N4O2. The molecule has 0 spiro atoms. The molecule has 1 aliphatic heterocycles. The standard InChI is InChI=1S/C19H40N4O2/c1-5-20-19(22-11-9-18(17(3)4)25-6-2)21-10-7-8-12-23-13-15-24-16-14-23/h17-18H,5-16H2,1-4H3,(H2,20,21,22). The summed E-state index contributed by atoms with van der Waals surface area (Å²) in [7, 11) is 0. The fourth-order valence-electron chi connectivity index (χ4n) is 2.96. The van der Waals surface area contributed by atoms with E-state index in [1.54, 1.807) is 0 Å². The van der Waals surface area contributed by atoms with Crippen molar-refractivity contribution in [2.75, 3.05) is 59.1 Å². The quantitative estimate of drug-likeness (QED) is 0.319. The number of ether oxygens (including phenoxy) is 2. The van der Waals surface area contributed by atoms with E-state index in [1.165, 1.54) is 6.42 Å². The normalized spacial score (nSPS) is 17.7. The van der Waals surface area contributed by atoms with Crippen LogP contribution in [0, 0.1) is 5.92 Å². The third kappa shape index (κ3) is 10.7. The Bertz CT molecular complexity index is 344. The van der Waals surface area contributed by atoms with Gasteiger partial charge in [0.15, 0.2) is 5.96 Å². The Balaban J connectivity index is 2.21. The van der Waals surface area contributed by atoms with Gasteiger partial charge >= 0.3 is 0 Å². The summed E-state index contributed by atoms with van der Waals surface area (Å²) < 4.78 is 11.2. The molecule has 1 unspecified atom stereocenters. The van der Waals surface area contributed by atoms with E-state index in [1.807, 2.05) is 0 Å². The molecule has 0 aromatic carbocycles. The van der Waals surface area contributed by atoms with Crippen LogP contribution in [0.1, 0.15) is 47.0 Å². The van der Waals surface area contributed by atoms with Crippen LogP contribution in [0.25, 0.3) is 0 Å². The van der Waals surface area contributed by atoms with E-state index in [2.05, 4.69) is 43.2 Å². The molecule has 148 valence electrons. The molecule has 1 fully saturated rings. The van der Waals surface area contributed by atoms with E-state index in [0.717, 1.165) is 77.9 Å². The van der Waals surface area contributed by atoms with Gasteiger partial charge in [-0.3, -0.25) is 9.89 Å². The maximum absolute atomic E-state index is 5.80. The zero-order valence-electron chi connectivity index (χ0n) is 16.9. The van der Waals surface area contributed by atoms with Crippen LogP contribution in [0.3, 0.4) is 0 Å². The third-order valence-corrected chi connectivity index (χ3v) is 4.45. The number of aliphatic imine (C=N–C) groups is 1. The van der Waals surface area contributed by atoms with Crippen molar-refractivity contribution < 1.29 is 9.47 Å². The summed E-state index contributed by atoms with van der Waals surface area (Å²) in [4.78, 5) is 7.18. The van der Waals surface area contributed by atoms with Crippen LogP contribution in [-0.4, -0.2) is 76.1 Å². The molecule has 0 radical (unpaired) electrons. The summed E-state index contributed by atoms with van der Waals surface area (Å²) in [5.41, 5.74) is 0. The van der Waals surface area contributed by atoms with Gasteiger partial charge in [-0.2, -0.15) is 0 Å². The highest BCUT2D eigenvalue weighted by Gasteiger charge is 2.13. The van der Waals surface area contributed by atoms with Crippen LogP contribution in [0.15, 0.2) is 4.99 Å². The minimum absolute atomic E-state index is 0.314. The Hall–Kier alpha value is -0.850. The molecule has 1 rings (SSSR count). The minimum atomic E-state index is 0.314. The molecule has 0 aliphatic carbocycles. The molecule has 2 N–H and O–H groups in total. The number of nitrogens with one attached hydrogen (secondary N) is 2. The number of hydrogen-bond acceptors (Lipinski definition) is 4. The summed E-state index contributed by atoms with van der Waals surface area (Å²) in [5, 5.41) is 6.77. The lowest BCUT2D eigenvalue weighted by atomic mass is 10.0. The number of hydrogen-bond donors (Lipinski definition) is 2. The average Bonchev–Trinajstić information content (AvgIpc) is 2.61. The van der Waals surface area contributed by atoms with Crippen LogP contribution < -0.4 is 10.6 Å². The van der Waals surface area contributed by atoms with Crippen LogP contribution in [0.5, 0.6) is 0 Å². The van der Waals surface area contributed by atoms with Crippen molar-refractivity contribution >= 4 is 5.96 Å². The maximum Gasteiger partial charge on any atom is 0.191 e. The third-order valence-electron chi connectivity index (χ3n) is 4.45. The van der Waals surface area contributed by atoms with Gasteiger partial charge in [0.05, 0.1) is 19.3 Å². The second-order valence-electron chi connectivity index (χ2n) is 6.88. The lowest BCUT2D eigenvalue weighted by molar-refractivity contribution is 0.0258. The molecule has 6 nitrogen and oxygen atoms in total. The Morgan fingerprint density at radius 3 is 2.56 bits per heavy atom. The number of morpholine rings is 1. The summed E-state index contributed by atoms with van der Waals surface area (Å²) in [5.74, 6) is 1.47. The predicted octanol–water partition coefficient (Wildman–Crippen LogP) is 2.11. The van der Waals surface area contributed by atoms with Gasteiger partial charge in [-0.05, 0) is 45.6 Å². The highest BCUT2D eigenvalue weighted by molar-refractivity contribution is 5.79. The number of rotatable bonds is 12. The van der Waals surface area contributed by atoms with Crippen molar-refractivity contribution in [1.82, 2.24) is 15.5 Å². The van der Waals surface area contributed by atoms with Gasteiger partial charge in [-0.25, -0.2) is 0 Å². The maximum atomic E-state index is 5.80. The van der Waals surface area contributed by atoms with Gasteiger partial charge in [0, 0.05) is 39.3 Å². The van der Waals surface area contributed by atoms with Crippen LogP contribution in [-0.2, 0) is 9.47 Å². The number of unbranched alkanes of at least 4 members (excludes halogenated alkanes) is 1. The van der Waals surface area contributed by atoms with E-state index in [9.17, 15) is 0 Å². The molecule has 0 aromatic rings. The molecule has 0 saturated carbocycles. The summed E-state index contributed by atoms with van der Waals surface area (Å²) in [6.45, 7) is 17.1. The lowest BCUT2D eigenvalue weighted by Gasteiger charge is -2.26. The fraction of sp³-hybridized carbons (Fsp3) is 0.947. The molecule has 1 heterocycles. The first-order valence-electron chi connectivity index (χ1n) is 10.1.